The van der Waals surface area contributed by atoms with E-state index in [1.807, 2.05) is 6.07 Å². The van der Waals surface area contributed by atoms with Crippen LogP contribution in [0.5, 0.6) is 0 Å². The Kier molecular flexibility index (Phi) is 5.30. The van der Waals surface area contributed by atoms with E-state index in [-0.39, 0.29) is 0 Å². The van der Waals surface area contributed by atoms with E-state index in [1.54, 1.807) is 0 Å². The summed E-state index contributed by atoms with van der Waals surface area (Å²) >= 11 is 0. The Labute approximate surface area is 159 Å². The Balaban J connectivity index is 1.57. The molecule has 27 heavy (non-hydrogen) atoms. The van der Waals surface area contributed by atoms with Gasteiger partial charge < -0.3 is 15.3 Å². The summed E-state index contributed by atoms with van der Waals surface area (Å²) in [5.74, 6) is 2.06. The molecule has 0 aliphatic carbocycles. The standard InChI is InChI=1S/C22H25N5/c23-14-6-11-21-25-26-22(27(21)16-17-7-2-1-3-8-17)13-12-18-15-24-20-10-5-4-9-19(18)20/h1-5,7-10,15,24H,6,11-14,16,23H2. The Morgan fingerprint density at radius 1 is 0.852 bits per heavy atom. The lowest BCUT2D eigenvalue weighted by atomic mass is 10.1. The predicted molar refractivity (Wildman–Crippen MR) is 109 cm³/mol. The van der Waals surface area contributed by atoms with Gasteiger partial charge in [-0.1, -0.05) is 48.5 Å². The van der Waals surface area contributed by atoms with Crippen molar-refractivity contribution in [1.82, 2.24) is 19.7 Å². The summed E-state index contributed by atoms with van der Waals surface area (Å²) in [6.45, 7) is 1.47. The number of hydrogen-bond acceptors (Lipinski definition) is 3. The van der Waals surface area contributed by atoms with Crippen molar-refractivity contribution < 1.29 is 0 Å². The molecule has 0 spiro atoms. The van der Waals surface area contributed by atoms with Gasteiger partial charge in [-0.2, -0.15) is 0 Å². The molecular formula is C22H25N5. The number of nitrogens with two attached hydrogens (primary N) is 1. The SMILES string of the molecule is NCCCc1nnc(CCc2c[nH]c3ccccc23)n1Cc1ccccc1. The summed E-state index contributed by atoms with van der Waals surface area (Å²) < 4.78 is 2.26. The van der Waals surface area contributed by atoms with E-state index in [0.717, 1.165) is 43.9 Å². The van der Waals surface area contributed by atoms with Gasteiger partial charge in [-0.3, -0.25) is 0 Å². The number of hydrogen-bond donors (Lipinski definition) is 2. The van der Waals surface area contributed by atoms with E-state index >= 15 is 0 Å². The lowest BCUT2D eigenvalue weighted by Crippen LogP contribution is -2.11. The third kappa shape index (κ3) is 3.93. The van der Waals surface area contributed by atoms with Gasteiger partial charge in [0.15, 0.2) is 0 Å². The van der Waals surface area contributed by atoms with Gasteiger partial charge in [0.1, 0.15) is 11.6 Å². The second-order valence-corrected chi connectivity index (χ2v) is 6.86. The van der Waals surface area contributed by atoms with Crippen LogP contribution in [0.15, 0.2) is 60.8 Å². The Morgan fingerprint density at radius 2 is 1.59 bits per heavy atom. The first-order chi connectivity index (χ1) is 13.3. The normalized spacial score (nSPS) is 11.3. The number of aromatic nitrogens is 4. The fourth-order valence-corrected chi connectivity index (χ4v) is 3.54. The van der Waals surface area contributed by atoms with Crippen LogP contribution in [-0.2, 0) is 25.8 Å². The van der Waals surface area contributed by atoms with Gasteiger partial charge in [-0.25, -0.2) is 0 Å². The van der Waals surface area contributed by atoms with E-state index in [4.69, 9.17) is 5.73 Å². The summed E-state index contributed by atoms with van der Waals surface area (Å²) in [6, 6.07) is 18.9. The fourth-order valence-electron chi connectivity index (χ4n) is 3.54. The van der Waals surface area contributed by atoms with Gasteiger partial charge in [0.25, 0.3) is 0 Å². The molecular weight excluding hydrogens is 334 g/mol. The molecule has 0 saturated heterocycles. The van der Waals surface area contributed by atoms with Crippen molar-refractivity contribution >= 4 is 10.9 Å². The average molecular weight is 359 g/mol. The summed E-state index contributed by atoms with van der Waals surface area (Å²) in [7, 11) is 0. The average Bonchev–Trinajstić information content (AvgIpc) is 3.29. The third-order valence-electron chi connectivity index (χ3n) is 4.98. The highest BCUT2D eigenvalue weighted by atomic mass is 15.3. The topological polar surface area (TPSA) is 72.5 Å². The molecule has 138 valence electrons. The summed E-state index contributed by atoms with van der Waals surface area (Å²) in [4.78, 5) is 3.36. The molecule has 0 aliphatic rings. The number of nitrogens with zero attached hydrogens (tertiary/aromatic N) is 3. The van der Waals surface area contributed by atoms with Crippen molar-refractivity contribution in [2.24, 2.45) is 5.73 Å². The van der Waals surface area contributed by atoms with Crippen molar-refractivity contribution in [3.05, 3.63) is 83.6 Å². The van der Waals surface area contributed by atoms with Gasteiger partial charge in [0.05, 0.1) is 6.54 Å². The lowest BCUT2D eigenvalue weighted by Gasteiger charge is -2.10. The monoisotopic (exact) mass is 359 g/mol. The van der Waals surface area contributed by atoms with Crippen LogP contribution < -0.4 is 5.73 Å². The van der Waals surface area contributed by atoms with E-state index in [9.17, 15) is 0 Å². The molecule has 0 unspecified atom stereocenters. The molecule has 5 heteroatoms. The van der Waals surface area contributed by atoms with Gasteiger partial charge in [-0.15, -0.1) is 10.2 Å². The number of aromatic amines is 1. The van der Waals surface area contributed by atoms with E-state index in [0.29, 0.717) is 6.54 Å². The Hall–Kier alpha value is -2.92. The van der Waals surface area contributed by atoms with Crippen molar-refractivity contribution in [1.29, 1.82) is 0 Å². The molecule has 2 aromatic heterocycles. The zero-order chi connectivity index (χ0) is 18.5. The van der Waals surface area contributed by atoms with Crippen molar-refractivity contribution in [3.63, 3.8) is 0 Å². The lowest BCUT2D eigenvalue weighted by molar-refractivity contribution is 0.657. The van der Waals surface area contributed by atoms with Crippen LogP contribution in [0.1, 0.15) is 29.2 Å². The molecule has 2 aromatic carbocycles. The number of rotatable bonds is 8. The van der Waals surface area contributed by atoms with E-state index in [2.05, 4.69) is 74.5 Å². The highest BCUT2D eigenvalue weighted by Crippen LogP contribution is 2.20. The minimum Gasteiger partial charge on any atom is -0.361 e. The molecule has 2 heterocycles. The molecule has 0 aliphatic heterocycles. The first-order valence-corrected chi connectivity index (χ1v) is 9.55. The minimum atomic E-state index is 0.670. The molecule has 0 radical (unpaired) electrons. The van der Waals surface area contributed by atoms with Gasteiger partial charge in [-0.05, 0) is 36.6 Å². The molecule has 4 aromatic rings. The highest BCUT2D eigenvalue weighted by molar-refractivity contribution is 5.83. The third-order valence-corrected chi connectivity index (χ3v) is 4.98. The summed E-state index contributed by atoms with van der Waals surface area (Å²) in [5, 5.41) is 10.3. The van der Waals surface area contributed by atoms with E-state index < -0.39 is 0 Å². The predicted octanol–water partition coefficient (Wildman–Crippen LogP) is 3.48. The maximum Gasteiger partial charge on any atom is 0.133 e. The molecule has 0 amide bonds. The Morgan fingerprint density at radius 3 is 2.41 bits per heavy atom. The summed E-state index contributed by atoms with van der Waals surface area (Å²) in [5.41, 5.74) is 9.47. The molecule has 3 N–H and O–H groups in total. The zero-order valence-corrected chi connectivity index (χ0v) is 15.4. The van der Waals surface area contributed by atoms with Crippen LogP contribution in [0.25, 0.3) is 10.9 Å². The summed E-state index contributed by atoms with van der Waals surface area (Å²) in [6.07, 6.45) is 5.70. The second kappa shape index (κ2) is 8.18. The smallest absolute Gasteiger partial charge is 0.133 e. The van der Waals surface area contributed by atoms with Crippen LogP contribution in [0.2, 0.25) is 0 Å². The maximum absolute atomic E-state index is 5.70. The van der Waals surface area contributed by atoms with Crippen molar-refractivity contribution in [2.75, 3.05) is 6.54 Å². The number of fused-ring (bicyclic) bond motifs is 1. The second-order valence-electron chi connectivity index (χ2n) is 6.86. The van der Waals surface area contributed by atoms with Crippen molar-refractivity contribution in [3.8, 4) is 0 Å². The molecule has 0 fully saturated rings. The number of para-hydroxylation sites is 1. The minimum absolute atomic E-state index is 0.670. The number of nitrogens with one attached hydrogen (secondary N) is 1. The Bertz CT molecular complexity index is 1000. The fraction of sp³-hybridized carbons (Fsp3) is 0.273. The maximum atomic E-state index is 5.70. The molecule has 4 rings (SSSR count). The van der Waals surface area contributed by atoms with Crippen LogP contribution in [-0.4, -0.2) is 26.3 Å². The molecule has 0 atom stereocenters. The van der Waals surface area contributed by atoms with Crippen LogP contribution in [0.3, 0.4) is 0 Å². The van der Waals surface area contributed by atoms with Gasteiger partial charge in [0, 0.05) is 29.9 Å². The van der Waals surface area contributed by atoms with Crippen molar-refractivity contribution in [2.45, 2.75) is 32.2 Å². The molecule has 5 nitrogen and oxygen atoms in total. The largest absolute Gasteiger partial charge is 0.361 e. The van der Waals surface area contributed by atoms with Gasteiger partial charge in [0.2, 0.25) is 0 Å². The number of H-pyrrole nitrogens is 1. The zero-order valence-electron chi connectivity index (χ0n) is 15.4. The number of aryl methyl sites for hydroxylation is 3. The molecule has 0 saturated carbocycles. The van der Waals surface area contributed by atoms with E-state index in [1.165, 1.54) is 22.0 Å². The number of benzene rings is 2. The van der Waals surface area contributed by atoms with Crippen LogP contribution in [0, 0.1) is 0 Å². The first-order valence-electron chi connectivity index (χ1n) is 9.55. The van der Waals surface area contributed by atoms with Crippen LogP contribution in [0.4, 0.5) is 0 Å². The quantitative estimate of drug-likeness (QED) is 0.506. The highest BCUT2D eigenvalue weighted by Gasteiger charge is 2.13. The van der Waals surface area contributed by atoms with Gasteiger partial charge >= 0.3 is 0 Å². The molecule has 0 bridgehead atoms. The first kappa shape index (κ1) is 17.5. The van der Waals surface area contributed by atoms with Crippen LogP contribution >= 0.6 is 0 Å².